The minimum Gasteiger partial charge on any atom is -0.457 e. The number of para-hydroxylation sites is 1. The van der Waals surface area contributed by atoms with Gasteiger partial charge in [-0.25, -0.2) is 9.18 Å². The predicted octanol–water partition coefficient (Wildman–Crippen LogP) is 1.92. The zero-order valence-corrected chi connectivity index (χ0v) is 13.0. The van der Waals surface area contributed by atoms with Crippen LogP contribution in [0.4, 0.5) is 10.1 Å². The minimum absolute atomic E-state index is 0.0622. The van der Waals surface area contributed by atoms with E-state index in [1.807, 2.05) is 4.90 Å². The third-order valence-corrected chi connectivity index (χ3v) is 3.87. The number of anilines is 1. The molecule has 0 atom stereocenters. The quantitative estimate of drug-likeness (QED) is 0.801. The molecule has 1 amide bonds. The lowest BCUT2D eigenvalue weighted by atomic mass is 10.2. The average molecular weight is 332 g/mol. The van der Waals surface area contributed by atoms with Crippen molar-refractivity contribution in [2.24, 2.45) is 0 Å². The molecule has 7 heteroatoms. The van der Waals surface area contributed by atoms with Crippen LogP contribution in [-0.2, 0) is 9.53 Å². The molecule has 0 N–H and O–H groups in total. The highest BCUT2D eigenvalue weighted by Gasteiger charge is 2.23. The van der Waals surface area contributed by atoms with E-state index >= 15 is 0 Å². The van der Waals surface area contributed by atoms with Crippen LogP contribution in [0.2, 0.25) is 0 Å². The number of hydrogen-bond donors (Lipinski definition) is 0. The van der Waals surface area contributed by atoms with Gasteiger partial charge in [-0.1, -0.05) is 12.1 Å². The number of esters is 1. The number of halogens is 1. The molecule has 0 spiro atoms. The smallest absolute Gasteiger partial charge is 0.374 e. The SMILES string of the molecule is O=C(OCC(=O)N1CCN(c2ccccc2F)CC1)c1ccco1. The summed E-state index contributed by atoms with van der Waals surface area (Å²) < 4.78 is 23.6. The van der Waals surface area contributed by atoms with Gasteiger partial charge in [-0.3, -0.25) is 4.79 Å². The predicted molar refractivity (Wildman–Crippen MR) is 84.2 cm³/mol. The van der Waals surface area contributed by atoms with Crippen LogP contribution in [0.1, 0.15) is 10.6 Å². The van der Waals surface area contributed by atoms with Crippen LogP contribution in [0.5, 0.6) is 0 Å². The van der Waals surface area contributed by atoms with Gasteiger partial charge in [0.2, 0.25) is 5.76 Å². The number of hydrogen-bond acceptors (Lipinski definition) is 5. The molecule has 1 aromatic carbocycles. The lowest BCUT2D eigenvalue weighted by molar-refractivity contribution is -0.134. The van der Waals surface area contributed by atoms with Crippen LogP contribution in [0, 0.1) is 5.82 Å². The molecule has 1 fully saturated rings. The first-order chi connectivity index (χ1) is 11.6. The molecule has 1 aliphatic heterocycles. The molecular formula is C17H17FN2O4. The van der Waals surface area contributed by atoms with E-state index in [4.69, 9.17) is 9.15 Å². The van der Waals surface area contributed by atoms with Gasteiger partial charge in [-0.15, -0.1) is 0 Å². The van der Waals surface area contributed by atoms with Crippen LogP contribution < -0.4 is 4.90 Å². The number of amides is 1. The van der Waals surface area contributed by atoms with Crippen LogP contribution in [0.15, 0.2) is 47.1 Å². The summed E-state index contributed by atoms with van der Waals surface area (Å²) in [5.74, 6) is -1.15. The molecule has 1 saturated heterocycles. The number of rotatable bonds is 4. The van der Waals surface area contributed by atoms with Crippen molar-refractivity contribution in [1.29, 1.82) is 0 Å². The van der Waals surface area contributed by atoms with E-state index in [2.05, 4.69) is 0 Å². The number of benzene rings is 1. The Morgan fingerprint density at radius 2 is 1.83 bits per heavy atom. The minimum atomic E-state index is -0.668. The number of ether oxygens (including phenoxy) is 1. The summed E-state index contributed by atoms with van der Waals surface area (Å²) >= 11 is 0. The highest BCUT2D eigenvalue weighted by atomic mass is 19.1. The number of carbonyl (C=O) groups excluding carboxylic acids is 2. The second kappa shape index (κ2) is 7.16. The molecule has 2 aromatic rings. The van der Waals surface area contributed by atoms with Crippen molar-refractivity contribution in [3.05, 3.63) is 54.2 Å². The molecule has 0 unspecified atom stereocenters. The largest absolute Gasteiger partial charge is 0.457 e. The van der Waals surface area contributed by atoms with Gasteiger partial charge in [0.15, 0.2) is 6.61 Å². The third-order valence-electron chi connectivity index (χ3n) is 3.87. The van der Waals surface area contributed by atoms with E-state index in [0.717, 1.165) is 0 Å². The lowest BCUT2D eigenvalue weighted by Gasteiger charge is -2.36. The van der Waals surface area contributed by atoms with E-state index in [1.165, 1.54) is 18.4 Å². The molecule has 1 aliphatic rings. The third kappa shape index (κ3) is 3.56. The first-order valence-electron chi connectivity index (χ1n) is 7.63. The molecule has 0 bridgehead atoms. The number of nitrogens with zero attached hydrogens (tertiary/aromatic N) is 2. The van der Waals surface area contributed by atoms with Crippen molar-refractivity contribution in [3.63, 3.8) is 0 Å². The van der Waals surface area contributed by atoms with Gasteiger partial charge in [0.1, 0.15) is 5.82 Å². The lowest BCUT2D eigenvalue weighted by Crippen LogP contribution is -2.50. The van der Waals surface area contributed by atoms with Crippen molar-refractivity contribution in [1.82, 2.24) is 4.90 Å². The standard InChI is InChI=1S/C17H17FN2O4/c18-13-4-1-2-5-14(13)19-7-9-20(10-8-19)16(21)12-24-17(22)15-6-3-11-23-15/h1-6,11H,7-10,12H2. The van der Waals surface area contributed by atoms with Crippen molar-refractivity contribution in [2.45, 2.75) is 0 Å². The fourth-order valence-electron chi connectivity index (χ4n) is 2.59. The Hall–Kier alpha value is -2.83. The van der Waals surface area contributed by atoms with Gasteiger partial charge >= 0.3 is 5.97 Å². The fourth-order valence-corrected chi connectivity index (χ4v) is 2.59. The Labute approximate surface area is 138 Å². The number of piperazine rings is 1. The molecule has 3 rings (SSSR count). The molecule has 1 aromatic heterocycles. The maximum atomic E-state index is 13.8. The van der Waals surface area contributed by atoms with Crippen LogP contribution in [0.3, 0.4) is 0 Å². The highest BCUT2D eigenvalue weighted by Crippen LogP contribution is 2.20. The second-order valence-electron chi connectivity index (χ2n) is 5.37. The van der Waals surface area contributed by atoms with E-state index < -0.39 is 5.97 Å². The highest BCUT2D eigenvalue weighted by molar-refractivity contribution is 5.88. The van der Waals surface area contributed by atoms with E-state index in [9.17, 15) is 14.0 Å². The summed E-state index contributed by atoms with van der Waals surface area (Å²) in [6.45, 7) is 1.62. The zero-order valence-electron chi connectivity index (χ0n) is 13.0. The Balaban J connectivity index is 1.48. The van der Waals surface area contributed by atoms with Crippen LogP contribution in [0.25, 0.3) is 0 Å². The van der Waals surface area contributed by atoms with Crippen LogP contribution in [-0.4, -0.2) is 49.6 Å². The van der Waals surface area contributed by atoms with Crippen molar-refractivity contribution < 1.29 is 23.1 Å². The van der Waals surface area contributed by atoms with Crippen LogP contribution >= 0.6 is 0 Å². The van der Waals surface area contributed by atoms with Gasteiger partial charge in [-0.2, -0.15) is 0 Å². The van der Waals surface area contributed by atoms with E-state index in [-0.39, 0.29) is 24.1 Å². The Bertz CT molecular complexity index is 709. The molecule has 2 heterocycles. The van der Waals surface area contributed by atoms with Gasteiger partial charge in [0, 0.05) is 26.2 Å². The summed E-state index contributed by atoms with van der Waals surface area (Å²) in [6.07, 6.45) is 1.36. The molecule has 0 saturated carbocycles. The monoisotopic (exact) mass is 332 g/mol. The molecule has 6 nitrogen and oxygen atoms in total. The maximum absolute atomic E-state index is 13.8. The van der Waals surface area contributed by atoms with E-state index in [0.29, 0.717) is 31.9 Å². The van der Waals surface area contributed by atoms with Gasteiger partial charge in [-0.05, 0) is 24.3 Å². The van der Waals surface area contributed by atoms with Crippen molar-refractivity contribution in [2.75, 3.05) is 37.7 Å². The van der Waals surface area contributed by atoms with Gasteiger partial charge in [0.25, 0.3) is 5.91 Å². The summed E-state index contributed by atoms with van der Waals surface area (Å²) in [6, 6.07) is 9.61. The number of furan rings is 1. The topological polar surface area (TPSA) is 63.0 Å². The first kappa shape index (κ1) is 16.0. The fraction of sp³-hybridized carbons (Fsp3) is 0.294. The summed E-state index contributed by atoms with van der Waals surface area (Å²) in [5.41, 5.74) is 0.536. The summed E-state index contributed by atoms with van der Waals surface area (Å²) in [7, 11) is 0. The molecule has 24 heavy (non-hydrogen) atoms. The Kier molecular flexibility index (Phi) is 4.79. The van der Waals surface area contributed by atoms with E-state index in [1.54, 1.807) is 29.2 Å². The Morgan fingerprint density at radius 1 is 1.08 bits per heavy atom. The van der Waals surface area contributed by atoms with Gasteiger partial charge < -0.3 is 19.0 Å². The molecule has 126 valence electrons. The maximum Gasteiger partial charge on any atom is 0.374 e. The normalized spacial score (nSPS) is 14.5. The van der Waals surface area contributed by atoms with Gasteiger partial charge in [0.05, 0.1) is 12.0 Å². The number of carbonyl (C=O) groups is 2. The average Bonchev–Trinajstić information content (AvgIpc) is 3.15. The summed E-state index contributed by atoms with van der Waals surface area (Å²) in [4.78, 5) is 27.2. The van der Waals surface area contributed by atoms with Crippen molar-refractivity contribution in [3.8, 4) is 0 Å². The zero-order chi connectivity index (χ0) is 16.9. The van der Waals surface area contributed by atoms with Crippen molar-refractivity contribution >= 4 is 17.6 Å². The molecular weight excluding hydrogens is 315 g/mol. The Morgan fingerprint density at radius 3 is 2.50 bits per heavy atom. The first-order valence-corrected chi connectivity index (χ1v) is 7.63. The molecule has 0 radical (unpaired) electrons. The summed E-state index contributed by atoms with van der Waals surface area (Å²) in [5, 5.41) is 0. The molecule has 0 aliphatic carbocycles. The second-order valence-corrected chi connectivity index (χ2v) is 5.37.